The lowest BCUT2D eigenvalue weighted by Crippen LogP contribution is -2.66. The van der Waals surface area contributed by atoms with E-state index in [0.717, 1.165) is 38.5 Å². The van der Waals surface area contributed by atoms with Gasteiger partial charge in [0.1, 0.15) is 0 Å². The molecule has 0 radical (unpaired) electrons. The second kappa shape index (κ2) is 32.0. The molecule has 0 bridgehead atoms. The summed E-state index contributed by atoms with van der Waals surface area (Å²) in [5.41, 5.74) is -4.40. The third-order valence-corrected chi connectivity index (χ3v) is 13.4. The van der Waals surface area contributed by atoms with Gasteiger partial charge in [0, 0.05) is 22.9 Å². The molecule has 0 saturated heterocycles. The molecular formula is C44H88O7. The van der Waals surface area contributed by atoms with E-state index in [4.69, 9.17) is 0 Å². The Morgan fingerprint density at radius 3 is 0.765 bits per heavy atom. The predicted octanol–water partition coefficient (Wildman–Crippen LogP) is 9.39. The van der Waals surface area contributed by atoms with E-state index < -0.39 is 61.8 Å². The molecule has 51 heavy (non-hydrogen) atoms. The van der Waals surface area contributed by atoms with Gasteiger partial charge in [0.2, 0.25) is 0 Å². The molecule has 306 valence electrons. The van der Waals surface area contributed by atoms with Crippen molar-refractivity contribution in [2.24, 2.45) is 22.2 Å². The van der Waals surface area contributed by atoms with E-state index in [1.807, 2.05) is 0 Å². The molecule has 1 rings (SSSR count). The zero-order valence-corrected chi connectivity index (χ0v) is 33.5. The minimum absolute atomic E-state index is 0.324. The summed E-state index contributed by atoms with van der Waals surface area (Å²) in [4.78, 5) is 0. The van der Waals surface area contributed by atoms with Crippen molar-refractivity contribution in [2.45, 2.75) is 212 Å². The van der Waals surface area contributed by atoms with Gasteiger partial charge >= 0.3 is 0 Å². The van der Waals surface area contributed by atoms with Crippen LogP contribution in [-0.2, 0) is 0 Å². The molecule has 1 aliphatic carbocycles. The van der Waals surface area contributed by atoms with Gasteiger partial charge in [0.15, 0.2) is 0 Å². The van der Waals surface area contributed by atoms with E-state index in [0.29, 0.717) is 19.3 Å². The van der Waals surface area contributed by atoms with Crippen molar-refractivity contribution in [1.29, 1.82) is 0 Å². The average Bonchev–Trinajstić information content (AvgIpc) is 3.16. The van der Waals surface area contributed by atoms with Crippen LogP contribution < -0.4 is 0 Å². The molecule has 1 saturated carbocycles. The minimum atomic E-state index is -1.59. The fourth-order valence-electron chi connectivity index (χ4n) is 9.50. The third-order valence-electron chi connectivity index (χ3n) is 13.4. The monoisotopic (exact) mass is 729 g/mol. The van der Waals surface area contributed by atoms with Gasteiger partial charge in [-0.2, -0.15) is 0 Å². The molecule has 1 unspecified atom stereocenters. The Labute approximate surface area is 315 Å². The lowest BCUT2D eigenvalue weighted by molar-refractivity contribution is -0.234. The summed E-state index contributed by atoms with van der Waals surface area (Å²) in [5, 5.41) is 75.9. The number of rotatable bonds is 7. The summed E-state index contributed by atoms with van der Waals surface area (Å²) in [6.45, 7) is -3.70. The quantitative estimate of drug-likeness (QED) is 0.139. The van der Waals surface area contributed by atoms with E-state index in [9.17, 15) is 35.7 Å². The van der Waals surface area contributed by atoms with Gasteiger partial charge in [0.05, 0.1) is 39.6 Å². The summed E-state index contributed by atoms with van der Waals surface area (Å²) in [6, 6.07) is 0. The highest BCUT2D eigenvalue weighted by Gasteiger charge is 2.63. The maximum Gasteiger partial charge on any atom is 0.0523 e. The molecule has 1 atom stereocenters. The predicted molar refractivity (Wildman–Crippen MR) is 213 cm³/mol. The zero-order chi connectivity index (χ0) is 37.4. The van der Waals surface area contributed by atoms with Crippen molar-refractivity contribution in [3.05, 3.63) is 0 Å². The number of hydrogen-bond acceptors (Lipinski definition) is 7. The van der Waals surface area contributed by atoms with Crippen LogP contribution >= 0.6 is 0 Å². The SMILES string of the molecule is OCC1CCCCCCCCCCCCCCCCCCCCCCCCCCCCCCCCCC(CO)(CO)C(CO)(CO)C1(CO)CO. The van der Waals surface area contributed by atoms with Crippen LogP contribution in [0.2, 0.25) is 0 Å². The average molecular weight is 729 g/mol. The summed E-state index contributed by atoms with van der Waals surface area (Å²) >= 11 is 0. The zero-order valence-electron chi connectivity index (χ0n) is 33.5. The van der Waals surface area contributed by atoms with Gasteiger partial charge in [-0.1, -0.05) is 199 Å². The summed E-state index contributed by atoms with van der Waals surface area (Å²) in [5.74, 6) is -0.606. The molecule has 0 aromatic heterocycles. The molecule has 0 aromatic rings. The maximum atomic E-state index is 11.0. The molecule has 0 aromatic carbocycles. The lowest BCUT2D eigenvalue weighted by Gasteiger charge is -2.59. The smallest absolute Gasteiger partial charge is 0.0523 e. The molecule has 0 spiro atoms. The van der Waals surface area contributed by atoms with E-state index in [-0.39, 0.29) is 6.61 Å². The summed E-state index contributed by atoms with van der Waals surface area (Å²) in [7, 11) is 0. The third kappa shape index (κ3) is 17.4. The molecule has 0 amide bonds. The van der Waals surface area contributed by atoms with Crippen molar-refractivity contribution in [2.75, 3.05) is 46.2 Å². The van der Waals surface area contributed by atoms with Crippen molar-refractivity contribution >= 4 is 0 Å². The van der Waals surface area contributed by atoms with Crippen LogP contribution in [0.5, 0.6) is 0 Å². The normalized spacial score (nSPS) is 25.4. The molecule has 7 nitrogen and oxygen atoms in total. The maximum absolute atomic E-state index is 11.0. The Kier molecular flexibility index (Phi) is 30.6. The molecule has 0 aliphatic heterocycles. The fraction of sp³-hybridized carbons (Fsp3) is 1.00. The Morgan fingerprint density at radius 2 is 0.549 bits per heavy atom. The van der Waals surface area contributed by atoms with Crippen LogP contribution in [0.25, 0.3) is 0 Å². The molecule has 1 fully saturated rings. The largest absolute Gasteiger partial charge is 0.396 e. The summed E-state index contributed by atoms with van der Waals surface area (Å²) in [6.07, 6.45) is 39.9. The first-order valence-corrected chi connectivity index (χ1v) is 22.3. The number of hydrogen-bond donors (Lipinski definition) is 7. The molecule has 0 heterocycles. The van der Waals surface area contributed by atoms with Crippen molar-refractivity contribution in [1.82, 2.24) is 0 Å². The lowest BCUT2D eigenvalue weighted by atomic mass is 9.46. The minimum Gasteiger partial charge on any atom is -0.396 e. The van der Waals surface area contributed by atoms with Crippen LogP contribution in [0.4, 0.5) is 0 Å². The first-order chi connectivity index (χ1) is 25.0. The topological polar surface area (TPSA) is 142 Å². The first kappa shape index (κ1) is 48.7. The molecular weight excluding hydrogens is 640 g/mol. The van der Waals surface area contributed by atoms with Gasteiger partial charge in [-0.25, -0.2) is 0 Å². The molecule has 1 aliphatic rings. The van der Waals surface area contributed by atoms with Crippen LogP contribution in [-0.4, -0.2) is 82.0 Å². The van der Waals surface area contributed by atoms with Gasteiger partial charge < -0.3 is 35.7 Å². The second-order valence-electron chi connectivity index (χ2n) is 16.8. The molecule has 7 N–H and O–H groups in total. The Balaban J connectivity index is 2.80. The van der Waals surface area contributed by atoms with Crippen LogP contribution in [0.15, 0.2) is 0 Å². The van der Waals surface area contributed by atoms with E-state index in [1.165, 1.54) is 154 Å². The van der Waals surface area contributed by atoms with Gasteiger partial charge in [-0.3, -0.25) is 0 Å². The second-order valence-corrected chi connectivity index (χ2v) is 16.8. The fourth-order valence-corrected chi connectivity index (χ4v) is 9.50. The summed E-state index contributed by atoms with van der Waals surface area (Å²) < 4.78 is 0. The highest BCUT2D eigenvalue weighted by Crippen LogP contribution is 2.57. The van der Waals surface area contributed by atoms with E-state index >= 15 is 0 Å². The first-order valence-electron chi connectivity index (χ1n) is 22.3. The van der Waals surface area contributed by atoms with Crippen molar-refractivity contribution in [3.8, 4) is 0 Å². The Hall–Kier alpha value is -0.280. The van der Waals surface area contributed by atoms with Crippen LogP contribution in [0.1, 0.15) is 212 Å². The van der Waals surface area contributed by atoms with Crippen molar-refractivity contribution < 1.29 is 35.7 Å². The standard InChI is InChI=1S/C44H88O7/c45-34-41-32-30-28-26-24-22-20-18-16-14-12-10-8-6-4-2-1-3-5-7-9-11-13-15-17-19-21-23-25-27-29-31-33-42(35-46,36-47)44(39-50,40-51)43(41,37-48)38-49/h41,45-51H,1-40H2. The highest BCUT2D eigenvalue weighted by atomic mass is 16.3. The van der Waals surface area contributed by atoms with Crippen LogP contribution in [0, 0.1) is 22.2 Å². The Bertz CT molecular complexity index is 735. The molecule has 7 heteroatoms. The van der Waals surface area contributed by atoms with Gasteiger partial charge in [0.25, 0.3) is 0 Å². The van der Waals surface area contributed by atoms with Gasteiger partial charge in [-0.15, -0.1) is 0 Å². The van der Waals surface area contributed by atoms with E-state index in [2.05, 4.69) is 0 Å². The number of aliphatic hydroxyl groups is 7. The van der Waals surface area contributed by atoms with E-state index in [1.54, 1.807) is 0 Å². The van der Waals surface area contributed by atoms with Crippen molar-refractivity contribution in [3.63, 3.8) is 0 Å². The highest BCUT2D eigenvalue weighted by molar-refractivity contribution is 5.10. The Morgan fingerprint density at radius 1 is 0.294 bits per heavy atom. The van der Waals surface area contributed by atoms with Crippen LogP contribution in [0.3, 0.4) is 0 Å². The number of aliphatic hydroxyl groups excluding tert-OH is 7. The van der Waals surface area contributed by atoms with Gasteiger partial charge in [-0.05, 0) is 18.8 Å².